The first kappa shape index (κ1) is 18.9. The fourth-order valence-corrected chi connectivity index (χ4v) is 4.52. The Morgan fingerprint density at radius 2 is 2.00 bits per heavy atom. The number of hydrogen-bond donors (Lipinski definition) is 2. The van der Waals surface area contributed by atoms with Crippen molar-refractivity contribution in [3.63, 3.8) is 0 Å². The number of hydrogen-bond acceptors (Lipinski definition) is 5. The Balaban J connectivity index is 1.37. The molecule has 0 unspecified atom stereocenters. The number of fused-ring (bicyclic) bond motifs is 1. The molecular formula is C23H30FN5. The lowest BCUT2D eigenvalue weighted by atomic mass is 9.87. The quantitative estimate of drug-likeness (QED) is 0.792. The molecule has 1 aromatic heterocycles. The molecule has 5 nitrogen and oxygen atoms in total. The number of nitrogens with zero attached hydrogens (tertiary/aromatic N) is 3. The molecule has 0 spiro atoms. The van der Waals surface area contributed by atoms with E-state index in [0.29, 0.717) is 31.5 Å². The van der Waals surface area contributed by atoms with Crippen molar-refractivity contribution in [1.82, 2.24) is 15.3 Å². The fraction of sp³-hybridized carbons (Fsp3) is 0.609. The molecule has 1 aliphatic heterocycles. The van der Waals surface area contributed by atoms with E-state index in [4.69, 9.17) is 15.0 Å². The maximum atomic E-state index is 13.5. The zero-order chi connectivity index (χ0) is 19.8. The second kappa shape index (κ2) is 7.98. The molecule has 2 saturated carbocycles. The number of aliphatic imine (C=N–C) groups is 1. The maximum Gasteiger partial charge on any atom is 0.137 e. The monoisotopic (exact) mass is 395 g/mol. The molecule has 154 valence electrons. The van der Waals surface area contributed by atoms with Crippen LogP contribution in [-0.4, -0.2) is 47.0 Å². The topological polar surface area (TPSA) is 62.2 Å². The summed E-state index contributed by atoms with van der Waals surface area (Å²) in [7, 11) is 0. The van der Waals surface area contributed by atoms with E-state index >= 15 is 0 Å². The van der Waals surface area contributed by atoms with Gasteiger partial charge in [-0.3, -0.25) is 4.99 Å². The van der Waals surface area contributed by atoms with Gasteiger partial charge in [-0.25, -0.2) is 14.4 Å². The molecule has 1 aromatic carbocycles. The molecule has 3 aliphatic rings. The number of aromatic nitrogens is 2. The highest BCUT2D eigenvalue weighted by Gasteiger charge is 2.27. The Kier molecular flexibility index (Phi) is 5.20. The van der Waals surface area contributed by atoms with Crippen molar-refractivity contribution in [3.8, 4) is 0 Å². The normalized spacial score (nSPS) is 27.4. The lowest BCUT2D eigenvalue weighted by molar-refractivity contribution is 0.356. The van der Waals surface area contributed by atoms with Gasteiger partial charge in [0.25, 0.3) is 0 Å². The smallest absolute Gasteiger partial charge is 0.137 e. The molecule has 0 radical (unpaired) electrons. The van der Waals surface area contributed by atoms with E-state index in [2.05, 4.69) is 35.8 Å². The summed E-state index contributed by atoms with van der Waals surface area (Å²) in [5.41, 5.74) is 3.58. The van der Waals surface area contributed by atoms with Gasteiger partial charge in [0.1, 0.15) is 17.8 Å². The highest BCUT2D eigenvalue weighted by Crippen LogP contribution is 2.34. The highest BCUT2D eigenvalue weighted by atomic mass is 19.1. The minimum Gasteiger partial charge on any atom is -0.368 e. The predicted octanol–water partition coefficient (Wildman–Crippen LogP) is 4.31. The van der Waals surface area contributed by atoms with Gasteiger partial charge < -0.3 is 10.6 Å². The first-order valence-electron chi connectivity index (χ1n) is 11.1. The van der Waals surface area contributed by atoms with Crippen LogP contribution in [0.15, 0.2) is 23.2 Å². The number of halogens is 1. The van der Waals surface area contributed by atoms with E-state index in [1.807, 2.05) is 0 Å². The van der Waals surface area contributed by atoms with Crippen molar-refractivity contribution in [3.05, 3.63) is 29.6 Å². The van der Waals surface area contributed by atoms with E-state index < -0.39 is 6.17 Å². The van der Waals surface area contributed by atoms with Gasteiger partial charge in [0.15, 0.2) is 0 Å². The summed E-state index contributed by atoms with van der Waals surface area (Å²) in [6, 6.07) is 7.11. The molecule has 3 fully saturated rings. The highest BCUT2D eigenvalue weighted by molar-refractivity contribution is 5.90. The summed E-state index contributed by atoms with van der Waals surface area (Å²) in [4.78, 5) is 14.7. The van der Waals surface area contributed by atoms with E-state index in [1.165, 1.54) is 24.1 Å². The van der Waals surface area contributed by atoms with Gasteiger partial charge >= 0.3 is 0 Å². The third-order valence-electron chi connectivity index (χ3n) is 6.39. The SMILES string of the molecule is Cc1ccc2nc(C3CCC(=NC4CC4)CC3)nc(NC[C@@H]3C[C@@H](F)CN3)c2c1. The minimum absolute atomic E-state index is 0.152. The largest absolute Gasteiger partial charge is 0.368 e. The van der Waals surface area contributed by atoms with Crippen LogP contribution in [0.3, 0.4) is 0 Å². The number of alkyl halides is 1. The van der Waals surface area contributed by atoms with Gasteiger partial charge in [-0.05, 0) is 64.0 Å². The van der Waals surface area contributed by atoms with Crippen molar-refractivity contribution in [1.29, 1.82) is 0 Å². The van der Waals surface area contributed by atoms with Crippen molar-refractivity contribution in [2.24, 2.45) is 4.99 Å². The third-order valence-corrected chi connectivity index (χ3v) is 6.39. The summed E-state index contributed by atoms with van der Waals surface area (Å²) in [6.45, 7) is 3.22. The van der Waals surface area contributed by atoms with Crippen molar-refractivity contribution < 1.29 is 4.39 Å². The number of nitrogens with one attached hydrogen (secondary N) is 2. The first-order chi connectivity index (χ1) is 14.1. The Labute approximate surface area is 171 Å². The summed E-state index contributed by atoms with van der Waals surface area (Å²) < 4.78 is 13.5. The van der Waals surface area contributed by atoms with Crippen molar-refractivity contribution >= 4 is 22.4 Å². The zero-order valence-electron chi connectivity index (χ0n) is 17.1. The maximum absolute atomic E-state index is 13.5. The standard InChI is InChI=1S/C23H30FN5/c1-14-2-9-21-20(10-14)23(26-13-19-11-16(24)12-25-19)29-22(28-21)15-3-5-17(6-4-15)27-18-7-8-18/h2,9-10,15-16,18-19,25H,3-8,11-13H2,1H3,(H,26,28,29)/t15?,16-,19+/m1/s1. The Morgan fingerprint density at radius 1 is 1.17 bits per heavy atom. The van der Waals surface area contributed by atoms with Crippen LogP contribution in [0.5, 0.6) is 0 Å². The van der Waals surface area contributed by atoms with Crippen LogP contribution in [-0.2, 0) is 0 Å². The van der Waals surface area contributed by atoms with E-state index in [0.717, 1.165) is 48.2 Å². The summed E-state index contributed by atoms with van der Waals surface area (Å²) in [6.07, 6.45) is 6.67. The van der Waals surface area contributed by atoms with E-state index in [9.17, 15) is 4.39 Å². The van der Waals surface area contributed by atoms with Crippen LogP contribution in [0, 0.1) is 6.92 Å². The van der Waals surface area contributed by atoms with Crippen LogP contribution in [0.1, 0.15) is 62.3 Å². The molecule has 2 heterocycles. The molecule has 29 heavy (non-hydrogen) atoms. The average molecular weight is 396 g/mol. The van der Waals surface area contributed by atoms with Crippen molar-refractivity contribution in [2.45, 2.75) is 76.0 Å². The molecule has 2 atom stereocenters. The zero-order valence-corrected chi connectivity index (χ0v) is 17.1. The Bertz CT molecular complexity index is 913. The molecule has 0 amide bonds. The summed E-state index contributed by atoms with van der Waals surface area (Å²) in [5, 5.41) is 7.79. The number of rotatable bonds is 5. The molecule has 1 saturated heterocycles. The molecule has 6 heteroatoms. The fourth-order valence-electron chi connectivity index (χ4n) is 4.52. The Morgan fingerprint density at radius 3 is 2.72 bits per heavy atom. The van der Waals surface area contributed by atoms with Gasteiger partial charge in [0, 0.05) is 36.1 Å². The molecule has 2 aliphatic carbocycles. The molecular weight excluding hydrogens is 365 g/mol. The molecule has 0 bridgehead atoms. The number of benzene rings is 1. The Hall–Kier alpha value is -2.08. The lowest BCUT2D eigenvalue weighted by Crippen LogP contribution is -2.29. The van der Waals surface area contributed by atoms with Gasteiger partial charge in [-0.1, -0.05) is 11.6 Å². The summed E-state index contributed by atoms with van der Waals surface area (Å²) in [5.74, 6) is 2.21. The second-order valence-corrected chi connectivity index (χ2v) is 8.97. The second-order valence-electron chi connectivity index (χ2n) is 8.97. The van der Waals surface area contributed by atoms with Crippen LogP contribution < -0.4 is 10.6 Å². The van der Waals surface area contributed by atoms with Gasteiger partial charge in [0.2, 0.25) is 0 Å². The van der Waals surface area contributed by atoms with Crippen LogP contribution >= 0.6 is 0 Å². The third kappa shape index (κ3) is 4.42. The van der Waals surface area contributed by atoms with E-state index in [1.54, 1.807) is 0 Å². The summed E-state index contributed by atoms with van der Waals surface area (Å²) >= 11 is 0. The van der Waals surface area contributed by atoms with Crippen LogP contribution in [0.2, 0.25) is 0 Å². The average Bonchev–Trinajstić information content (AvgIpc) is 3.45. The van der Waals surface area contributed by atoms with Gasteiger partial charge in [-0.15, -0.1) is 0 Å². The van der Waals surface area contributed by atoms with E-state index in [-0.39, 0.29) is 6.04 Å². The van der Waals surface area contributed by atoms with Crippen molar-refractivity contribution in [2.75, 3.05) is 18.4 Å². The first-order valence-corrected chi connectivity index (χ1v) is 11.1. The lowest BCUT2D eigenvalue weighted by Gasteiger charge is -2.23. The number of aryl methyl sites for hydroxylation is 1. The van der Waals surface area contributed by atoms with Gasteiger partial charge in [0.05, 0.1) is 11.6 Å². The predicted molar refractivity (Wildman–Crippen MR) is 116 cm³/mol. The molecule has 5 rings (SSSR count). The number of anilines is 1. The molecule has 2 N–H and O–H groups in total. The van der Waals surface area contributed by atoms with Gasteiger partial charge in [-0.2, -0.15) is 0 Å². The van der Waals surface area contributed by atoms with Crippen LogP contribution in [0.25, 0.3) is 10.9 Å². The molecule has 2 aromatic rings. The van der Waals surface area contributed by atoms with Crippen LogP contribution in [0.4, 0.5) is 10.2 Å². The minimum atomic E-state index is -0.740.